The highest BCUT2D eigenvalue weighted by Crippen LogP contribution is 2.09. The topological polar surface area (TPSA) is 85.8 Å². The van der Waals surface area contributed by atoms with Crippen LogP contribution in [0.2, 0.25) is 0 Å². The van der Waals surface area contributed by atoms with Crippen molar-refractivity contribution in [3.63, 3.8) is 0 Å². The zero-order valence-electron chi connectivity index (χ0n) is 15.6. The molecule has 25 heavy (non-hydrogen) atoms. The summed E-state index contributed by atoms with van der Waals surface area (Å²) in [5.74, 6) is 1.47. The predicted molar refractivity (Wildman–Crippen MR) is 99.7 cm³/mol. The molecule has 8 nitrogen and oxygen atoms in total. The smallest absolute Gasteiger partial charge is 0.242 e. The molecule has 2 rings (SSSR count). The molecule has 2 heterocycles. The minimum absolute atomic E-state index is 0.0702. The van der Waals surface area contributed by atoms with Gasteiger partial charge in [0.15, 0.2) is 5.96 Å². The standard InChI is InChI=1S/C17H29N7O/c1-5-18-15(21-13-14(25)22-17(2,3)4)23-9-11-24(12-10-23)16-19-7-6-8-20-16/h6-8H,5,9-13H2,1-4H3,(H,18,21)(H,22,25). The van der Waals surface area contributed by atoms with Gasteiger partial charge in [0, 0.05) is 50.7 Å². The number of carbonyl (C=O) groups is 1. The molecule has 0 aromatic carbocycles. The zero-order chi connectivity index (χ0) is 18.3. The van der Waals surface area contributed by atoms with Crippen LogP contribution >= 0.6 is 0 Å². The number of amides is 1. The van der Waals surface area contributed by atoms with E-state index in [0.717, 1.165) is 44.6 Å². The monoisotopic (exact) mass is 347 g/mol. The molecule has 2 N–H and O–H groups in total. The van der Waals surface area contributed by atoms with Crippen molar-refractivity contribution in [3.8, 4) is 0 Å². The fourth-order valence-electron chi connectivity index (χ4n) is 2.60. The third kappa shape index (κ3) is 6.21. The lowest BCUT2D eigenvalue weighted by molar-refractivity contribution is -0.121. The average Bonchev–Trinajstić information content (AvgIpc) is 2.58. The summed E-state index contributed by atoms with van der Waals surface area (Å²) in [6.45, 7) is 12.1. The van der Waals surface area contributed by atoms with Gasteiger partial charge in [-0.05, 0) is 33.8 Å². The maximum absolute atomic E-state index is 12.0. The lowest BCUT2D eigenvalue weighted by Crippen LogP contribution is -2.53. The number of rotatable bonds is 4. The van der Waals surface area contributed by atoms with E-state index in [-0.39, 0.29) is 18.0 Å². The molecule has 0 bridgehead atoms. The summed E-state index contributed by atoms with van der Waals surface area (Å²) >= 11 is 0. The first-order valence-electron chi connectivity index (χ1n) is 8.75. The lowest BCUT2D eigenvalue weighted by atomic mass is 10.1. The summed E-state index contributed by atoms with van der Waals surface area (Å²) in [4.78, 5) is 29.4. The number of hydrogen-bond donors (Lipinski definition) is 2. The second-order valence-electron chi connectivity index (χ2n) is 6.99. The lowest BCUT2D eigenvalue weighted by Gasteiger charge is -2.36. The molecule has 0 aliphatic carbocycles. The number of anilines is 1. The number of aromatic nitrogens is 2. The molecule has 1 aromatic rings. The Balaban J connectivity index is 1.92. The third-order valence-corrected chi connectivity index (χ3v) is 3.64. The van der Waals surface area contributed by atoms with E-state index in [1.54, 1.807) is 12.4 Å². The van der Waals surface area contributed by atoms with E-state index < -0.39 is 0 Å². The molecule has 1 aliphatic rings. The number of nitrogens with zero attached hydrogens (tertiary/aromatic N) is 5. The van der Waals surface area contributed by atoms with Crippen LogP contribution in [-0.2, 0) is 4.79 Å². The second kappa shape index (κ2) is 8.64. The largest absolute Gasteiger partial charge is 0.357 e. The van der Waals surface area contributed by atoms with Crippen molar-refractivity contribution in [2.75, 3.05) is 44.2 Å². The predicted octanol–water partition coefficient (Wildman–Crippen LogP) is 0.479. The SMILES string of the molecule is CCNC(=NCC(=O)NC(C)(C)C)N1CCN(c2ncccn2)CC1. The van der Waals surface area contributed by atoms with Gasteiger partial charge in [-0.25, -0.2) is 15.0 Å². The Bertz CT molecular complexity index is 574. The highest BCUT2D eigenvalue weighted by molar-refractivity contribution is 5.85. The highest BCUT2D eigenvalue weighted by Gasteiger charge is 2.21. The van der Waals surface area contributed by atoms with Crippen molar-refractivity contribution in [1.82, 2.24) is 25.5 Å². The summed E-state index contributed by atoms with van der Waals surface area (Å²) in [7, 11) is 0. The van der Waals surface area contributed by atoms with Crippen LogP contribution in [0.5, 0.6) is 0 Å². The quantitative estimate of drug-likeness (QED) is 0.609. The van der Waals surface area contributed by atoms with Crippen LogP contribution in [-0.4, -0.2) is 71.5 Å². The van der Waals surface area contributed by atoms with Crippen molar-refractivity contribution in [2.24, 2.45) is 4.99 Å². The minimum atomic E-state index is -0.244. The number of hydrogen-bond acceptors (Lipinski definition) is 5. The fraction of sp³-hybridized carbons (Fsp3) is 0.647. The van der Waals surface area contributed by atoms with Crippen molar-refractivity contribution < 1.29 is 4.79 Å². The number of carbonyl (C=O) groups excluding carboxylic acids is 1. The summed E-state index contributed by atoms with van der Waals surface area (Å²) < 4.78 is 0. The average molecular weight is 347 g/mol. The Kier molecular flexibility index (Phi) is 6.55. The first-order valence-corrected chi connectivity index (χ1v) is 8.75. The van der Waals surface area contributed by atoms with Crippen LogP contribution in [0.25, 0.3) is 0 Å². The molecule has 0 atom stereocenters. The van der Waals surface area contributed by atoms with Crippen LogP contribution in [0, 0.1) is 0 Å². The molecule has 0 spiro atoms. The Hall–Kier alpha value is -2.38. The van der Waals surface area contributed by atoms with E-state index >= 15 is 0 Å². The van der Waals surface area contributed by atoms with Crippen molar-refractivity contribution in [1.29, 1.82) is 0 Å². The van der Waals surface area contributed by atoms with Gasteiger partial charge in [0.05, 0.1) is 0 Å². The summed E-state index contributed by atoms with van der Waals surface area (Å²) in [6, 6.07) is 1.82. The van der Waals surface area contributed by atoms with E-state index in [9.17, 15) is 4.79 Å². The molecule has 1 aliphatic heterocycles. The molecular formula is C17H29N7O. The van der Waals surface area contributed by atoms with E-state index in [4.69, 9.17) is 0 Å². The number of piperazine rings is 1. The van der Waals surface area contributed by atoms with Gasteiger partial charge in [-0.3, -0.25) is 4.79 Å². The van der Waals surface area contributed by atoms with Crippen LogP contribution in [0.3, 0.4) is 0 Å². The molecule has 8 heteroatoms. The zero-order valence-corrected chi connectivity index (χ0v) is 15.6. The molecule has 1 aromatic heterocycles. The van der Waals surface area contributed by atoms with Gasteiger partial charge in [-0.15, -0.1) is 0 Å². The molecule has 1 fully saturated rings. The molecule has 138 valence electrons. The van der Waals surface area contributed by atoms with Crippen LogP contribution in [0.1, 0.15) is 27.7 Å². The summed E-state index contributed by atoms with van der Waals surface area (Å²) in [5, 5.41) is 6.20. The number of guanidine groups is 1. The molecule has 0 saturated carbocycles. The number of aliphatic imine (C=N–C) groups is 1. The maximum atomic E-state index is 12.0. The number of nitrogens with one attached hydrogen (secondary N) is 2. The van der Waals surface area contributed by atoms with Crippen LogP contribution in [0.15, 0.2) is 23.5 Å². The molecule has 0 radical (unpaired) electrons. The summed E-state index contributed by atoms with van der Waals surface area (Å²) in [5.41, 5.74) is -0.244. The van der Waals surface area contributed by atoms with Crippen molar-refractivity contribution >= 4 is 17.8 Å². The highest BCUT2D eigenvalue weighted by atomic mass is 16.2. The Morgan fingerprint density at radius 3 is 2.40 bits per heavy atom. The van der Waals surface area contributed by atoms with E-state index in [0.29, 0.717) is 0 Å². The van der Waals surface area contributed by atoms with E-state index in [2.05, 4.69) is 35.4 Å². The van der Waals surface area contributed by atoms with E-state index in [1.165, 1.54) is 0 Å². The molecule has 0 unspecified atom stereocenters. The first-order chi connectivity index (χ1) is 11.9. The third-order valence-electron chi connectivity index (χ3n) is 3.64. The second-order valence-corrected chi connectivity index (χ2v) is 6.99. The normalized spacial score (nSPS) is 15.9. The van der Waals surface area contributed by atoms with Gasteiger partial charge in [-0.2, -0.15) is 0 Å². The molecular weight excluding hydrogens is 318 g/mol. The maximum Gasteiger partial charge on any atom is 0.242 e. The van der Waals surface area contributed by atoms with Crippen LogP contribution in [0.4, 0.5) is 5.95 Å². The fourth-order valence-corrected chi connectivity index (χ4v) is 2.60. The van der Waals surface area contributed by atoms with E-state index in [1.807, 2.05) is 33.8 Å². The van der Waals surface area contributed by atoms with Gasteiger partial charge in [0.2, 0.25) is 11.9 Å². The van der Waals surface area contributed by atoms with Gasteiger partial charge in [0.25, 0.3) is 0 Å². The van der Waals surface area contributed by atoms with Gasteiger partial charge in [-0.1, -0.05) is 0 Å². The Morgan fingerprint density at radius 1 is 1.20 bits per heavy atom. The van der Waals surface area contributed by atoms with Crippen molar-refractivity contribution in [2.45, 2.75) is 33.2 Å². The summed E-state index contributed by atoms with van der Waals surface area (Å²) in [6.07, 6.45) is 3.52. The van der Waals surface area contributed by atoms with Crippen molar-refractivity contribution in [3.05, 3.63) is 18.5 Å². The molecule has 1 saturated heterocycles. The minimum Gasteiger partial charge on any atom is -0.357 e. The van der Waals surface area contributed by atoms with Gasteiger partial charge < -0.3 is 20.4 Å². The van der Waals surface area contributed by atoms with Gasteiger partial charge in [0.1, 0.15) is 6.54 Å². The van der Waals surface area contributed by atoms with Gasteiger partial charge >= 0.3 is 0 Å². The Morgan fingerprint density at radius 2 is 1.84 bits per heavy atom. The molecule has 1 amide bonds. The van der Waals surface area contributed by atoms with Crippen LogP contribution < -0.4 is 15.5 Å². The first kappa shape index (κ1) is 19.0. The Labute approximate surface area is 149 Å².